The summed E-state index contributed by atoms with van der Waals surface area (Å²) in [6, 6.07) is 2.58. The van der Waals surface area contributed by atoms with E-state index in [2.05, 4.69) is 20.4 Å². The van der Waals surface area contributed by atoms with Crippen molar-refractivity contribution in [3.8, 4) is 0 Å². The lowest BCUT2D eigenvalue weighted by atomic mass is 9.84. The van der Waals surface area contributed by atoms with Crippen LogP contribution in [0.25, 0.3) is 10.9 Å². The molecule has 0 radical (unpaired) electrons. The van der Waals surface area contributed by atoms with Gasteiger partial charge in [0.15, 0.2) is 0 Å². The summed E-state index contributed by atoms with van der Waals surface area (Å²) in [5, 5.41) is 8.01. The van der Waals surface area contributed by atoms with Gasteiger partial charge in [0, 0.05) is 30.5 Å². The van der Waals surface area contributed by atoms with Gasteiger partial charge in [0.1, 0.15) is 18.4 Å². The SMILES string of the molecule is Cc1cc2cnc(Nc3cnn(C4CC4(F)F)c3C)nc2cc1C1CCN(C2COCC2F)CC1F. The van der Waals surface area contributed by atoms with E-state index in [1.807, 2.05) is 24.0 Å². The van der Waals surface area contributed by atoms with Crippen LogP contribution in [0.4, 0.5) is 29.2 Å². The zero-order valence-corrected chi connectivity index (χ0v) is 20.1. The number of nitrogens with one attached hydrogen (secondary N) is 1. The van der Waals surface area contributed by atoms with Gasteiger partial charge in [0.2, 0.25) is 5.95 Å². The van der Waals surface area contributed by atoms with Crippen LogP contribution >= 0.6 is 0 Å². The van der Waals surface area contributed by atoms with Crippen molar-refractivity contribution in [1.29, 1.82) is 0 Å². The van der Waals surface area contributed by atoms with E-state index in [1.165, 1.54) is 10.9 Å². The number of fused-ring (bicyclic) bond motifs is 1. The molecule has 0 amide bonds. The Balaban J connectivity index is 1.22. The second-order valence-electron chi connectivity index (χ2n) is 10.2. The van der Waals surface area contributed by atoms with Crippen LogP contribution in [0.3, 0.4) is 0 Å². The van der Waals surface area contributed by atoms with Gasteiger partial charge in [-0.1, -0.05) is 0 Å². The van der Waals surface area contributed by atoms with Crippen LogP contribution in [0.2, 0.25) is 0 Å². The molecule has 2 aromatic heterocycles. The Kier molecular flexibility index (Phi) is 5.67. The highest BCUT2D eigenvalue weighted by molar-refractivity contribution is 5.81. The third-order valence-corrected chi connectivity index (χ3v) is 7.77. The fourth-order valence-electron chi connectivity index (χ4n) is 5.54. The molecule has 3 fully saturated rings. The molecule has 1 aromatic carbocycles. The average Bonchev–Trinajstić information content (AvgIpc) is 3.12. The van der Waals surface area contributed by atoms with E-state index in [9.17, 15) is 13.2 Å². The van der Waals surface area contributed by atoms with Crippen molar-refractivity contribution in [2.24, 2.45) is 0 Å². The van der Waals surface area contributed by atoms with Gasteiger partial charge >= 0.3 is 0 Å². The highest BCUT2D eigenvalue weighted by Gasteiger charge is 2.59. The molecule has 4 heterocycles. The zero-order chi connectivity index (χ0) is 25.2. The van der Waals surface area contributed by atoms with E-state index >= 15 is 4.39 Å². The monoisotopic (exact) mass is 504 g/mol. The number of halogens is 4. The minimum absolute atomic E-state index is 0.0782. The number of aromatic nitrogens is 4. The van der Waals surface area contributed by atoms with Gasteiger partial charge in [-0.15, -0.1) is 0 Å². The predicted molar refractivity (Wildman–Crippen MR) is 126 cm³/mol. The summed E-state index contributed by atoms with van der Waals surface area (Å²) in [4.78, 5) is 10.9. The van der Waals surface area contributed by atoms with E-state index < -0.39 is 24.3 Å². The fourth-order valence-corrected chi connectivity index (χ4v) is 5.54. The third-order valence-electron chi connectivity index (χ3n) is 7.77. The summed E-state index contributed by atoms with van der Waals surface area (Å²) in [5.74, 6) is -2.72. The van der Waals surface area contributed by atoms with Crippen LogP contribution in [0, 0.1) is 13.8 Å². The van der Waals surface area contributed by atoms with Crippen LogP contribution in [-0.2, 0) is 4.74 Å². The molecule has 1 N–H and O–H groups in total. The van der Waals surface area contributed by atoms with E-state index in [-0.39, 0.29) is 31.5 Å². The Hall–Kier alpha value is -2.79. The van der Waals surface area contributed by atoms with Crippen molar-refractivity contribution in [3.05, 3.63) is 41.3 Å². The van der Waals surface area contributed by atoms with E-state index in [1.54, 1.807) is 13.1 Å². The number of piperidine rings is 1. The number of ether oxygens (including phenoxy) is 1. The summed E-state index contributed by atoms with van der Waals surface area (Å²) in [7, 11) is 0. The number of nitrogens with zero attached hydrogens (tertiary/aromatic N) is 5. The number of likely N-dealkylation sites (tertiary alicyclic amines) is 1. The Morgan fingerprint density at radius 1 is 1.11 bits per heavy atom. The summed E-state index contributed by atoms with van der Waals surface area (Å²) < 4.78 is 63.0. The summed E-state index contributed by atoms with van der Waals surface area (Å²) in [6.07, 6.45) is 1.36. The molecule has 192 valence electrons. The Labute approximate surface area is 205 Å². The van der Waals surface area contributed by atoms with Gasteiger partial charge in [0.25, 0.3) is 5.92 Å². The molecule has 5 atom stereocenters. The van der Waals surface area contributed by atoms with Gasteiger partial charge in [-0.25, -0.2) is 27.5 Å². The highest BCUT2D eigenvalue weighted by atomic mass is 19.3. The molecule has 1 aliphatic carbocycles. The predicted octanol–water partition coefficient (Wildman–Crippen LogP) is 4.63. The number of aryl methyl sites for hydroxylation is 1. The fraction of sp³-hybridized carbons (Fsp3) is 0.560. The largest absolute Gasteiger partial charge is 0.377 e. The smallest absolute Gasteiger partial charge is 0.272 e. The minimum Gasteiger partial charge on any atom is -0.377 e. The molecule has 0 bridgehead atoms. The van der Waals surface area contributed by atoms with Gasteiger partial charge in [-0.2, -0.15) is 5.10 Å². The summed E-state index contributed by atoms with van der Waals surface area (Å²) in [6.45, 7) is 4.85. The molecule has 11 heteroatoms. The van der Waals surface area contributed by atoms with Crippen LogP contribution in [0.1, 0.15) is 41.6 Å². The van der Waals surface area contributed by atoms with Crippen molar-refractivity contribution >= 4 is 22.5 Å². The molecule has 2 aliphatic heterocycles. The van der Waals surface area contributed by atoms with Crippen molar-refractivity contribution in [3.63, 3.8) is 0 Å². The number of anilines is 2. The van der Waals surface area contributed by atoms with Gasteiger partial charge in [0.05, 0.1) is 42.4 Å². The zero-order valence-electron chi connectivity index (χ0n) is 20.1. The number of alkyl halides is 4. The van der Waals surface area contributed by atoms with Crippen molar-refractivity contribution in [2.75, 3.05) is 31.6 Å². The lowest BCUT2D eigenvalue weighted by Gasteiger charge is -2.38. The first-order valence-electron chi connectivity index (χ1n) is 12.3. The molecule has 5 unspecified atom stereocenters. The van der Waals surface area contributed by atoms with Crippen LogP contribution < -0.4 is 5.32 Å². The first-order valence-corrected chi connectivity index (χ1v) is 12.3. The maximum Gasteiger partial charge on any atom is 0.272 e. The van der Waals surface area contributed by atoms with Crippen molar-refractivity contribution < 1.29 is 22.3 Å². The summed E-state index contributed by atoms with van der Waals surface area (Å²) in [5.41, 5.74) is 3.65. The quantitative estimate of drug-likeness (QED) is 0.511. The Morgan fingerprint density at radius 3 is 2.61 bits per heavy atom. The van der Waals surface area contributed by atoms with Gasteiger partial charge < -0.3 is 10.1 Å². The number of rotatable bonds is 5. The molecular formula is C25H28F4N6O. The highest BCUT2D eigenvalue weighted by Crippen LogP contribution is 2.53. The number of hydrogen-bond acceptors (Lipinski definition) is 6. The molecule has 0 spiro atoms. The maximum absolute atomic E-state index is 15.4. The molecule has 36 heavy (non-hydrogen) atoms. The van der Waals surface area contributed by atoms with Gasteiger partial charge in [-0.3, -0.25) is 9.58 Å². The lowest BCUT2D eigenvalue weighted by molar-refractivity contribution is 0.0581. The van der Waals surface area contributed by atoms with Crippen LogP contribution in [0.15, 0.2) is 24.5 Å². The topological polar surface area (TPSA) is 68.1 Å². The van der Waals surface area contributed by atoms with Crippen LogP contribution in [-0.4, -0.2) is 75.3 Å². The molecule has 1 saturated carbocycles. The molecule has 6 rings (SSSR count). The normalized spacial score (nSPS) is 30.1. The minimum atomic E-state index is -2.72. The van der Waals surface area contributed by atoms with Crippen molar-refractivity contribution in [1.82, 2.24) is 24.6 Å². The van der Waals surface area contributed by atoms with E-state index in [0.29, 0.717) is 42.4 Å². The molecule has 3 aliphatic rings. The third kappa shape index (κ3) is 4.11. The van der Waals surface area contributed by atoms with Crippen molar-refractivity contribution in [2.45, 2.75) is 63.0 Å². The lowest BCUT2D eigenvalue weighted by Crippen LogP contribution is -2.49. The van der Waals surface area contributed by atoms with E-state index in [4.69, 9.17) is 4.74 Å². The second kappa shape index (κ2) is 8.65. The molecule has 7 nitrogen and oxygen atoms in total. The molecule has 3 aromatic rings. The first kappa shape index (κ1) is 23.6. The summed E-state index contributed by atoms with van der Waals surface area (Å²) >= 11 is 0. The number of hydrogen-bond donors (Lipinski definition) is 1. The standard InChI is InChI=1S/C25H28F4N6O/c1-13-5-15-8-30-24(33-21-9-31-35(14(21)2)23-7-25(23,28)29)32-20(15)6-17(13)16-3-4-34(10-18(16)26)22-12-36-11-19(22)27/h5-6,8-9,16,18-19,22-23H,3-4,7,10-12H2,1-2H3,(H,30,32,33). The maximum atomic E-state index is 15.4. The van der Waals surface area contributed by atoms with Gasteiger partial charge in [-0.05, 0) is 50.1 Å². The van der Waals surface area contributed by atoms with E-state index in [0.717, 1.165) is 16.5 Å². The Morgan fingerprint density at radius 2 is 1.92 bits per heavy atom. The molecular weight excluding hydrogens is 476 g/mol. The van der Waals surface area contributed by atoms with Crippen LogP contribution in [0.5, 0.6) is 0 Å². The average molecular weight is 505 g/mol. The number of benzene rings is 1. The Bertz CT molecular complexity index is 1300. The first-order chi connectivity index (χ1) is 17.2. The molecule has 2 saturated heterocycles. The second-order valence-corrected chi connectivity index (χ2v) is 10.2.